The van der Waals surface area contributed by atoms with E-state index in [4.69, 9.17) is 0 Å². The van der Waals surface area contributed by atoms with Crippen molar-refractivity contribution in [2.75, 3.05) is 18.0 Å². The Morgan fingerprint density at radius 2 is 1.95 bits per heavy atom. The van der Waals surface area contributed by atoms with E-state index in [0.717, 1.165) is 22.6 Å². The molecular formula is C15H16FN3OS2. The number of carbonyl (C=O) groups is 1. The maximum Gasteiger partial charge on any atom is 0.209 e. The molecule has 3 rings (SSSR count). The Balaban J connectivity index is 1.64. The predicted octanol–water partition coefficient (Wildman–Crippen LogP) is 3.64. The Kier molecular flexibility index (Phi) is 4.73. The highest BCUT2D eigenvalue weighted by atomic mass is 32.2. The van der Waals surface area contributed by atoms with Crippen molar-refractivity contribution in [2.45, 2.75) is 29.4 Å². The molecule has 0 saturated carbocycles. The fourth-order valence-electron chi connectivity index (χ4n) is 2.34. The van der Waals surface area contributed by atoms with Gasteiger partial charge in [0.25, 0.3) is 0 Å². The van der Waals surface area contributed by atoms with Gasteiger partial charge in [0.15, 0.2) is 10.1 Å². The monoisotopic (exact) mass is 337 g/mol. The summed E-state index contributed by atoms with van der Waals surface area (Å²) in [5, 5.41) is 9.03. The Morgan fingerprint density at radius 1 is 1.27 bits per heavy atom. The van der Waals surface area contributed by atoms with Gasteiger partial charge >= 0.3 is 0 Å². The summed E-state index contributed by atoms with van der Waals surface area (Å²) in [5.41, 5.74) is 0.519. The molecule has 7 heteroatoms. The van der Waals surface area contributed by atoms with Crippen LogP contribution in [0.5, 0.6) is 0 Å². The van der Waals surface area contributed by atoms with Crippen LogP contribution in [0.15, 0.2) is 28.6 Å². The molecule has 0 aliphatic carbocycles. The van der Waals surface area contributed by atoms with E-state index in [1.165, 1.54) is 60.2 Å². The van der Waals surface area contributed by atoms with Crippen LogP contribution in [0, 0.1) is 5.82 Å². The van der Waals surface area contributed by atoms with Gasteiger partial charge in [-0.15, -0.1) is 10.2 Å². The Morgan fingerprint density at radius 3 is 2.64 bits per heavy atom. The molecule has 0 bridgehead atoms. The van der Waals surface area contributed by atoms with Crippen LogP contribution < -0.4 is 4.90 Å². The Hall–Kier alpha value is -1.47. The van der Waals surface area contributed by atoms with E-state index in [2.05, 4.69) is 15.1 Å². The summed E-state index contributed by atoms with van der Waals surface area (Å²) in [4.78, 5) is 14.6. The second-order valence-electron chi connectivity index (χ2n) is 5.18. The van der Waals surface area contributed by atoms with Crippen molar-refractivity contribution in [3.63, 3.8) is 0 Å². The molecular weight excluding hydrogens is 321 g/mol. The average molecular weight is 337 g/mol. The van der Waals surface area contributed by atoms with Crippen molar-refractivity contribution in [3.8, 4) is 0 Å². The van der Waals surface area contributed by atoms with Crippen molar-refractivity contribution in [2.24, 2.45) is 0 Å². The highest BCUT2D eigenvalue weighted by Crippen LogP contribution is 2.33. The number of halogens is 1. The number of ketones is 1. The zero-order valence-corrected chi connectivity index (χ0v) is 13.8. The SMILES string of the molecule is CC(Sc1nnc(N2CCCC2)s1)C(=O)c1ccc(F)cc1. The minimum atomic E-state index is -0.337. The first kappa shape index (κ1) is 15.4. The topological polar surface area (TPSA) is 46.1 Å². The normalized spacial score (nSPS) is 16.0. The molecule has 22 heavy (non-hydrogen) atoms. The van der Waals surface area contributed by atoms with Gasteiger partial charge in [-0.25, -0.2) is 4.39 Å². The Bertz CT molecular complexity index is 653. The summed E-state index contributed by atoms with van der Waals surface area (Å²) in [6, 6.07) is 5.65. The average Bonchev–Trinajstić information content (AvgIpc) is 3.18. The molecule has 0 amide bonds. The minimum absolute atomic E-state index is 0.0251. The fraction of sp³-hybridized carbons (Fsp3) is 0.400. The number of carbonyl (C=O) groups excluding carboxylic acids is 1. The number of hydrogen-bond donors (Lipinski definition) is 0. The van der Waals surface area contributed by atoms with Crippen LogP contribution in [0.2, 0.25) is 0 Å². The predicted molar refractivity (Wildman–Crippen MR) is 87.4 cm³/mol. The van der Waals surface area contributed by atoms with Crippen LogP contribution >= 0.6 is 23.1 Å². The summed E-state index contributed by atoms with van der Waals surface area (Å²) in [5.74, 6) is -0.362. The number of benzene rings is 1. The van der Waals surface area contributed by atoms with Gasteiger partial charge in [0, 0.05) is 18.7 Å². The largest absolute Gasteiger partial charge is 0.347 e. The minimum Gasteiger partial charge on any atom is -0.347 e. The van der Waals surface area contributed by atoms with Gasteiger partial charge in [0.05, 0.1) is 5.25 Å². The van der Waals surface area contributed by atoms with Gasteiger partial charge in [-0.2, -0.15) is 0 Å². The second kappa shape index (κ2) is 6.75. The van der Waals surface area contributed by atoms with Crippen LogP contribution in [0.3, 0.4) is 0 Å². The third-order valence-electron chi connectivity index (χ3n) is 3.55. The lowest BCUT2D eigenvalue weighted by Gasteiger charge is -2.11. The number of thioether (sulfide) groups is 1. The summed E-state index contributed by atoms with van der Waals surface area (Å²) >= 11 is 2.93. The third kappa shape index (κ3) is 3.47. The lowest BCUT2D eigenvalue weighted by molar-refractivity contribution is 0.0994. The number of rotatable bonds is 5. The highest BCUT2D eigenvalue weighted by Gasteiger charge is 2.21. The number of Topliss-reactive ketones (excluding diaryl/α,β-unsaturated/α-hetero) is 1. The smallest absolute Gasteiger partial charge is 0.209 e. The number of aromatic nitrogens is 2. The lowest BCUT2D eigenvalue weighted by atomic mass is 10.1. The second-order valence-corrected chi connectivity index (χ2v) is 7.72. The third-order valence-corrected chi connectivity index (χ3v) is 5.72. The van der Waals surface area contributed by atoms with Gasteiger partial charge in [0.1, 0.15) is 5.82 Å². The highest BCUT2D eigenvalue weighted by molar-refractivity contribution is 8.02. The molecule has 1 unspecified atom stereocenters. The van der Waals surface area contributed by atoms with Crippen molar-refractivity contribution >= 4 is 34.0 Å². The molecule has 1 aromatic carbocycles. The van der Waals surface area contributed by atoms with Crippen LogP contribution in [-0.4, -0.2) is 34.3 Å². The molecule has 116 valence electrons. The molecule has 1 aliphatic heterocycles. The van der Waals surface area contributed by atoms with Crippen LogP contribution in [0.25, 0.3) is 0 Å². The molecule has 2 heterocycles. The van der Waals surface area contributed by atoms with Gasteiger partial charge in [-0.05, 0) is 44.0 Å². The zero-order valence-electron chi connectivity index (χ0n) is 12.2. The number of anilines is 1. The van der Waals surface area contributed by atoms with Gasteiger partial charge in [-0.1, -0.05) is 23.1 Å². The van der Waals surface area contributed by atoms with E-state index < -0.39 is 0 Å². The molecule has 0 radical (unpaired) electrons. The van der Waals surface area contributed by atoms with Crippen LogP contribution in [-0.2, 0) is 0 Å². The van der Waals surface area contributed by atoms with Crippen molar-refractivity contribution < 1.29 is 9.18 Å². The molecule has 1 atom stereocenters. The van der Waals surface area contributed by atoms with Gasteiger partial charge < -0.3 is 4.90 Å². The van der Waals surface area contributed by atoms with E-state index >= 15 is 0 Å². The summed E-state index contributed by atoms with van der Waals surface area (Å²) in [6.45, 7) is 3.90. The van der Waals surface area contributed by atoms with Crippen LogP contribution in [0.4, 0.5) is 9.52 Å². The molecule has 1 aliphatic rings. The van der Waals surface area contributed by atoms with E-state index in [9.17, 15) is 9.18 Å². The van der Waals surface area contributed by atoms with E-state index in [1.807, 2.05) is 6.92 Å². The zero-order chi connectivity index (χ0) is 15.5. The van der Waals surface area contributed by atoms with Crippen molar-refractivity contribution in [1.82, 2.24) is 10.2 Å². The summed E-state index contributed by atoms with van der Waals surface area (Å²) in [7, 11) is 0. The lowest BCUT2D eigenvalue weighted by Crippen LogP contribution is -2.17. The molecule has 0 N–H and O–H groups in total. The number of nitrogens with zero attached hydrogens (tertiary/aromatic N) is 3. The standard InChI is InChI=1S/C15H16FN3OS2/c1-10(13(20)11-4-6-12(16)7-5-11)21-15-18-17-14(22-15)19-8-2-3-9-19/h4-7,10H,2-3,8-9H2,1H3. The summed E-state index contributed by atoms with van der Waals surface area (Å²) < 4.78 is 13.7. The van der Waals surface area contributed by atoms with Crippen molar-refractivity contribution in [1.29, 1.82) is 0 Å². The van der Waals surface area contributed by atoms with E-state index in [1.54, 1.807) is 0 Å². The van der Waals surface area contributed by atoms with E-state index in [-0.39, 0.29) is 16.9 Å². The molecule has 0 spiro atoms. The molecule has 1 aromatic heterocycles. The van der Waals surface area contributed by atoms with Crippen LogP contribution in [0.1, 0.15) is 30.1 Å². The van der Waals surface area contributed by atoms with Gasteiger partial charge in [0.2, 0.25) is 5.13 Å². The first-order valence-corrected chi connectivity index (χ1v) is 8.88. The Labute approximate surface area is 136 Å². The fourth-order valence-corrected chi connectivity index (χ4v) is 4.45. The van der Waals surface area contributed by atoms with E-state index in [0.29, 0.717) is 5.56 Å². The van der Waals surface area contributed by atoms with Gasteiger partial charge in [-0.3, -0.25) is 4.79 Å². The molecule has 4 nitrogen and oxygen atoms in total. The molecule has 2 aromatic rings. The molecule has 1 fully saturated rings. The first-order valence-electron chi connectivity index (χ1n) is 7.18. The maximum absolute atomic E-state index is 12.9. The summed E-state index contributed by atoms with van der Waals surface area (Å²) in [6.07, 6.45) is 2.39. The maximum atomic E-state index is 12.9. The van der Waals surface area contributed by atoms with Crippen molar-refractivity contribution in [3.05, 3.63) is 35.6 Å². The molecule has 1 saturated heterocycles. The number of hydrogen-bond acceptors (Lipinski definition) is 6. The quantitative estimate of drug-likeness (QED) is 0.616. The first-order chi connectivity index (χ1) is 10.6.